The molecule has 0 saturated heterocycles. The van der Waals surface area contributed by atoms with Gasteiger partial charge in [0.2, 0.25) is 0 Å². The Hall–Kier alpha value is 0. The van der Waals surface area contributed by atoms with Gasteiger partial charge in [-0.15, -0.1) is 0 Å². The highest BCUT2D eigenvalue weighted by atomic mass is 14.6. The monoisotopic (exact) mass is 1040 g/mol. The van der Waals surface area contributed by atoms with Gasteiger partial charge >= 0.3 is 0 Å². The van der Waals surface area contributed by atoms with Crippen LogP contribution >= 0.6 is 0 Å². The predicted molar refractivity (Wildman–Crippen MR) is 345 cm³/mol. The molecule has 4 saturated carbocycles. The van der Waals surface area contributed by atoms with Crippen LogP contribution in [0.25, 0.3) is 0 Å². The van der Waals surface area contributed by atoms with Crippen LogP contribution in [0.5, 0.6) is 0 Å². The zero-order valence-corrected chi connectivity index (χ0v) is 60.3. The molecule has 74 heavy (non-hydrogen) atoms. The van der Waals surface area contributed by atoms with Crippen molar-refractivity contribution in [3.8, 4) is 0 Å². The topological polar surface area (TPSA) is 0 Å². The van der Waals surface area contributed by atoms with Gasteiger partial charge in [-0.05, 0) is 162 Å². The van der Waals surface area contributed by atoms with Crippen LogP contribution in [0.2, 0.25) is 0 Å². The molecule has 4 rings (SSSR count). The van der Waals surface area contributed by atoms with Crippen LogP contribution in [-0.4, -0.2) is 0 Å². The molecule has 0 aromatic rings. The zero-order valence-electron chi connectivity index (χ0n) is 60.3. The van der Waals surface area contributed by atoms with E-state index in [2.05, 4.69) is 277 Å². The van der Waals surface area contributed by atoms with Gasteiger partial charge in [-0.3, -0.25) is 0 Å². The summed E-state index contributed by atoms with van der Waals surface area (Å²) in [5, 5.41) is 0. The van der Waals surface area contributed by atoms with Crippen molar-refractivity contribution >= 4 is 0 Å². The van der Waals surface area contributed by atoms with Gasteiger partial charge in [-0.25, -0.2) is 0 Å². The van der Waals surface area contributed by atoms with Crippen LogP contribution in [0.3, 0.4) is 0 Å². The first kappa shape index (κ1) is 76.1. The molecule has 4 aliphatic carbocycles. The highest BCUT2D eigenvalue weighted by molar-refractivity contribution is 5.08. The van der Waals surface area contributed by atoms with Gasteiger partial charge < -0.3 is 0 Å². The van der Waals surface area contributed by atoms with E-state index in [1.165, 1.54) is 103 Å². The molecule has 0 amide bonds. The lowest BCUT2D eigenvalue weighted by atomic mass is 9.45. The summed E-state index contributed by atoms with van der Waals surface area (Å²) in [5.41, 5.74) is 8.49. The normalized spacial score (nSPS) is 20.8. The standard InChI is InChI=1S/C14H28.C13H26.C13H28.C12H24.C11H22.C11H24/c1-12(2,3)14(13(4,5)6)10-8-7-9-11-14;1-11(2,3)13(12(4,5)6)9-7-8-10-13;1-9-13(10-2,11(3,4)5)12(6,7)8;1-10(2,3)12(8-7-9-12)11(4,5)6;1-9(2,3)11(7-8-11)10(4,5)6;1-9(2,3)11(7,8)10(4,5)6/h7-11H2,1-6H3;7-10H2,1-6H3;9-10H2,1-8H3;7-9H2,1-6H3;7-8H2,1-6H3;1-8H3. The average Bonchev–Trinajstić information content (AvgIpc) is 3.79. The molecule has 0 bridgehead atoms. The van der Waals surface area contributed by atoms with Gasteiger partial charge in [-0.2, -0.15) is 0 Å². The van der Waals surface area contributed by atoms with E-state index in [1.807, 2.05) is 0 Å². The Morgan fingerprint density at radius 3 is 0.419 bits per heavy atom. The molecule has 0 aliphatic heterocycles. The van der Waals surface area contributed by atoms with Gasteiger partial charge in [-0.1, -0.05) is 315 Å². The Labute approximate surface area is 474 Å². The SMILES string of the molecule is CC(C)(C)C(C)(C)C(C)(C)C.CC(C)(C)C1(C(C)(C)C)CC1.CC(C)(C)C1(C(C)(C)C)CCC1.CC(C)(C)C1(C(C)(C)C)CCCC1.CC(C)(C)C1(C(C)(C)C)CCCCC1.CCC(CC)(C(C)(C)C)C(C)(C)C. The maximum Gasteiger partial charge on any atom is -0.0200 e. The molecule has 0 N–H and O–H groups in total. The first-order valence-corrected chi connectivity index (χ1v) is 31.9. The molecule has 4 aliphatic rings. The largest absolute Gasteiger partial charge is 0.0648 e. The predicted octanol–water partition coefficient (Wildman–Crippen LogP) is 26.8. The highest BCUT2D eigenvalue weighted by Crippen LogP contribution is 2.68. The van der Waals surface area contributed by atoms with E-state index in [0.717, 1.165) is 0 Å². The number of rotatable bonds is 2. The van der Waals surface area contributed by atoms with Gasteiger partial charge in [0.15, 0.2) is 0 Å². The van der Waals surface area contributed by atoms with Gasteiger partial charge in [0.05, 0.1) is 0 Å². The van der Waals surface area contributed by atoms with Crippen molar-refractivity contribution in [3.63, 3.8) is 0 Å². The zero-order chi connectivity index (χ0) is 60.3. The van der Waals surface area contributed by atoms with Crippen LogP contribution in [-0.2, 0) is 0 Å². The molecule has 0 heteroatoms. The smallest absolute Gasteiger partial charge is 0.0200 e. The van der Waals surface area contributed by atoms with Gasteiger partial charge in [0.1, 0.15) is 0 Å². The van der Waals surface area contributed by atoms with Crippen molar-refractivity contribution in [2.75, 3.05) is 0 Å². The van der Waals surface area contributed by atoms with Crippen molar-refractivity contribution in [3.05, 3.63) is 0 Å². The molecular formula is C74H152. The van der Waals surface area contributed by atoms with Crippen molar-refractivity contribution in [1.82, 2.24) is 0 Å². The van der Waals surface area contributed by atoms with E-state index in [0.29, 0.717) is 97.5 Å². The fraction of sp³-hybridized carbons (Fsp3) is 1.00. The van der Waals surface area contributed by atoms with E-state index in [-0.39, 0.29) is 0 Å². The summed E-state index contributed by atoms with van der Waals surface area (Å²) in [6, 6.07) is 0. The lowest BCUT2D eigenvalue weighted by molar-refractivity contribution is -0.100. The third kappa shape index (κ3) is 17.0. The minimum atomic E-state index is 0.375. The summed E-state index contributed by atoms with van der Waals surface area (Å²) < 4.78 is 0. The maximum absolute atomic E-state index is 2.43. The van der Waals surface area contributed by atoms with Crippen LogP contribution in [0.4, 0.5) is 0 Å². The summed E-state index contributed by atoms with van der Waals surface area (Å²) in [7, 11) is 0. The van der Waals surface area contributed by atoms with Crippen LogP contribution < -0.4 is 0 Å². The summed E-state index contributed by atoms with van der Waals surface area (Å²) in [6.45, 7) is 95.4. The summed E-state index contributed by atoms with van der Waals surface area (Å²) in [5.74, 6) is 0. The van der Waals surface area contributed by atoms with E-state index in [9.17, 15) is 0 Å². The average molecular weight is 1040 g/mol. The Kier molecular flexibility index (Phi) is 25.3. The van der Waals surface area contributed by atoms with E-state index in [1.54, 1.807) is 0 Å². The second kappa shape index (κ2) is 24.6. The summed E-state index contributed by atoms with van der Waals surface area (Å²) >= 11 is 0. The maximum atomic E-state index is 2.43. The minimum absolute atomic E-state index is 0.375. The minimum Gasteiger partial charge on any atom is -0.0648 e. The molecule has 0 nitrogen and oxygen atoms in total. The van der Waals surface area contributed by atoms with Gasteiger partial charge in [0, 0.05) is 0 Å². The van der Waals surface area contributed by atoms with Crippen LogP contribution in [0, 0.1) is 97.5 Å². The molecule has 0 atom stereocenters. The van der Waals surface area contributed by atoms with Crippen molar-refractivity contribution < 1.29 is 0 Å². The third-order valence-corrected chi connectivity index (χ3v) is 24.4. The Morgan fingerprint density at radius 2 is 0.365 bits per heavy atom. The number of hydrogen-bond acceptors (Lipinski definition) is 0. The lowest BCUT2D eigenvalue weighted by Gasteiger charge is -2.60. The second-order valence-electron chi connectivity index (χ2n) is 38.9. The highest BCUT2D eigenvalue weighted by Gasteiger charge is 2.59. The fourth-order valence-electron chi connectivity index (χ4n) is 17.9. The molecule has 0 heterocycles. The summed E-state index contributed by atoms with van der Waals surface area (Å²) in [6.07, 6.45) is 22.6. The molecule has 0 radical (unpaired) electrons. The van der Waals surface area contributed by atoms with E-state index >= 15 is 0 Å². The molecular weight excluding hydrogens is 889 g/mol. The van der Waals surface area contributed by atoms with Crippen molar-refractivity contribution in [1.29, 1.82) is 0 Å². The molecule has 0 aromatic carbocycles. The Balaban J connectivity index is 0. The lowest BCUT2D eigenvalue weighted by Crippen LogP contribution is -2.51. The van der Waals surface area contributed by atoms with Gasteiger partial charge in [0.25, 0.3) is 0 Å². The molecule has 0 unspecified atom stereocenters. The Morgan fingerprint density at radius 1 is 0.203 bits per heavy atom. The van der Waals surface area contributed by atoms with E-state index in [4.69, 9.17) is 0 Å². The van der Waals surface area contributed by atoms with Crippen molar-refractivity contribution in [2.45, 2.75) is 380 Å². The fourth-order valence-corrected chi connectivity index (χ4v) is 17.9. The molecule has 448 valence electrons. The van der Waals surface area contributed by atoms with Crippen LogP contribution in [0.1, 0.15) is 380 Å². The first-order valence-electron chi connectivity index (χ1n) is 31.9. The first-order chi connectivity index (χ1) is 31.9. The van der Waals surface area contributed by atoms with Crippen LogP contribution in [0.15, 0.2) is 0 Å². The third-order valence-electron chi connectivity index (χ3n) is 24.4. The molecule has 4 fully saturated rings. The molecule has 0 aromatic heterocycles. The molecule has 0 spiro atoms. The number of hydrogen-bond donors (Lipinski definition) is 0. The second-order valence-corrected chi connectivity index (χ2v) is 38.9. The van der Waals surface area contributed by atoms with Crippen molar-refractivity contribution in [2.24, 2.45) is 97.5 Å². The summed E-state index contributed by atoms with van der Waals surface area (Å²) in [4.78, 5) is 0. The quantitative estimate of drug-likeness (QED) is 0.259. The van der Waals surface area contributed by atoms with E-state index < -0.39 is 0 Å². The Bertz CT molecular complexity index is 1420.